The Bertz CT molecular complexity index is 2500. The van der Waals surface area contributed by atoms with E-state index in [4.69, 9.17) is 0 Å². The summed E-state index contributed by atoms with van der Waals surface area (Å²) in [4.78, 5) is 2.56. The average molecular weight is 737 g/mol. The normalized spacial score (nSPS) is 17.6. The third-order valence-corrected chi connectivity index (χ3v) is 13.8. The predicted molar refractivity (Wildman–Crippen MR) is 244 cm³/mol. The number of hydrogen-bond acceptors (Lipinski definition) is 2. The van der Waals surface area contributed by atoms with Gasteiger partial charge in [-0.05, 0) is 157 Å². The topological polar surface area (TPSA) is 15.3 Å². The van der Waals surface area contributed by atoms with Crippen LogP contribution in [0.2, 0.25) is 0 Å². The average Bonchev–Trinajstić information content (AvgIpc) is 3.16. The van der Waals surface area contributed by atoms with Crippen LogP contribution >= 0.6 is 0 Å². The standard InChI is InChI=1S/C54H60N2/c1-13-39-35(4)31-42(37(6)51(39)56-48-24-17-16-22-44(48)54(11,12)45-23-18-20-34(3)50(45)56)49-36(5)41(40-21-15-14-19-33(40)2)26-28-47(49)55-38-25-27-43-46(32-38)53(9,10)30-29-52(43,7)8/h13,15-18,20-28,31-32,55H,1,14,19,29-30H2,2-12H3. The van der Waals surface area contributed by atoms with Crippen LogP contribution in [0.15, 0.2) is 103 Å². The second kappa shape index (κ2) is 13.5. The van der Waals surface area contributed by atoms with Gasteiger partial charge >= 0.3 is 0 Å². The summed E-state index contributed by atoms with van der Waals surface area (Å²) in [6.45, 7) is 30.3. The molecule has 286 valence electrons. The summed E-state index contributed by atoms with van der Waals surface area (Å²) in [5, 5.41) is 4.03. The number of benzene rings is 5. The summed E-state index contributed by atoms with van der Waals surface area (Å²) in [6, 6.07) is 30.1. The van der Waals surface area contributed by atoms with Crippen molar-refractivity contribution < 1.29 is 0 Å². The first-order valence-corrected chi connectivity index (χ1v) is 20.8. The lowest BCUT2D eigenvalue weighted by Crippen LogP contribution is -2.33. The van der Waals surface area contributed by atoms with Gasteiger partial charge in [0.1, 0.15) is 0 Å². The Kier molecular flexibility index (Phi) is 9.15. The number of rotatable bonds is 6. The lowest BCUT2D eigenvalue weighted by Gasteiger charge is -2.44. The Hall–Kier alpha value is -5.08. The Morgan fingerprint density at radius 3 is 2.11 bits per heavy atom. The minimum absolute atomic E-state index is 0.124. The van der Waals surface area contributed by atoms with E-state index in [1.54, 1.807) is 0 Å². The minimum Gasteiger partial charge on any atom is -0.355 e. The molecule has 1 aliphatic heterocycles. The molecule has 8 rings (SSSR count). The van der Waals surface area contributed by atoms with E-state index < -0.39 is 0 Å². The van der Waals surface area contributed by atoms with Crippen LogP contribution in [0.3, 0.4) is 0 Å². The fraction of sp³-hybridized carbons (Fsp3) is 0.333. The SMILES string of the molecule is C=Cc1c(C)cc(-c2c(Nc3ccc4c(c3)C(C)(C)CCC4(C)C)ccc(C3=C(C)CCC=C3)c2C)c(C)c1N1c2ccccc2C(C)(C)c2cccc(C)c21. The maximum absolute atomic E-state index is 4.43. The zero-order valence-electron chi connectivity index (χ0n) is 35.7. The van der Waals surface area contributed by atoms with Crippen molar-refractivity contribution in [1.29, 1.82) is 0 Å². The maximum Gasteiger partial charge on any atom is 0.0572 e. The molecular formula is C54H60N2. The van der Waals surface area contributed by atoms with E-state index in [1.165, 1.54) is 108 Å². The summed E-state index contributed by atoms with van der Waals surface area (Å²) >= 11 is 0. The number of allylic oxidation sites excluding steroid dienone is 4. The smallest absolute Gasteiger partial charge is 0.0572 e. The lowest BCUT2D eigenvalue weighted by atomic mass is 9.63. The molecule has 0 unspecified atom stereocenters. The van der Waals surface area contributed by atoms with Crippen molar-refractivity contribution in [2.75, 3.05) is 10.2 Å². The molecule has 2 nitrogen and oxygen atoms in total. The maximum atomic E-state index is 4.43. The highest BCUT2D eigenvalue weighted by Crippen LogP contribution is 2.56. The van der Waals surface area contributed by atoms with Gasteiger partial charge in [0.05, 0.1) is 17.1 Å². The van der Waals surface area contributed by atoms with Crippen molar-refractivity contribution in [3.05, 3.63) is 159 Å². The molecule has 0 fully saturated rings. The van der Waals surface area contributed by atoms with Gasteiger partial charge in [0.15, 0.2) is 0 Å². The molecule has 0 amide bonds. The van der Waals surface area contributed by atoms with Crippen LogP contribution in [0.5, 0.6) is 0 Å². The van der Waals surface area contributed by atoms with Crippen LogP contribution in [0.4, 0.5) is 28.4 Å². The van der Waals surface area contributed by atoms with E-state index >= 15 is 0 Å². The second-order valence-corrected chi connectivity index (χ2v) is 18.7. The van der Waals surface area contributed by atoms with Crippen molar-refractivity contribution >= 4 is 40.1 Å². The molecule has 0 atom stereocenters. The summed E-state index contributed by atoms with van der Waals surface area (Å²) in [7, 11) is 0. The van der Waals surface area contributed by atoms with Gasteiger partial charge in [0, 0.05) is 27.9 Å². The molecule has 5 aromatic carbocycles. The quantitative estimate of drug-likeness (QED) is 0.187. The molecule has 1 N–H and O–H groups in total. The second-order valence-electron chi connectivity index (χ2n) is 18.7. The number of nitrogens with one attached hydrogen (secondary N) is 1. The number of hydrogen-bond donors (Lipinski definition) is 1. The van der Waals surface area contributed by atoms with Crippen molar-refractivity contribution in [3.8, 4) is 11.1 Å². The molecule has 0 saturated heterocycles. The molecule has 5 aromatic rings. The first kappa shape index (κ1) is 37.8. The van der Waals surface area contributed by atoms with Gasteiger partial charge in [-0.3, -0.25) is 0 Å². The lowest BCUT2D eigenvalue weighted by molar-refractivity contribution is 0.332. The molecule has 1 heterocycles. The Morgan fingerprint density at radius 2 is 1.38 bits per heavy atom. The van der Waals surface area contributed by atoms with Crippen LogP contribution < -0.4 is 10.2 Å². The molecular weight excluding hydrogens is 677 g/mol. The third-order valence-electron chi connectivity index (χ3n) is 13.8. The largest absolute Gasteiger partial charge is 0.355 e. The van der Waals surface area contributed by atoms with Gasteiger partial charge in [-0.2, -0.15) is 0 Å². The molecule has 0 aromatic heterocycles. The van der Waals surface area contributed by atoms with E-state index in [0.29, 0.717) is 0 Å². The van der Waals surface area contributed by atoms with Gasteiger partial charge < -0.3 is 10.2 Å². The number of para-hydroxylation sites is 2. The molecule has 2 heteroatoms. The Morgan fingerprint density at radius 1 is 0.661 bits per heavy atom. The van der Waals surface area contributed by atoms with Crippen LogP contribution in [-0.2, 0) is 16.2 Å². The summed E-state index contributed by atoms with van der Waals surface area (Å²) in [5.74, 6) is 0. The van der Waals surface area contributed by atoms with Gasteiger partial charge in [-0.1, -0.05) is 127 Å². The monoisotopic (exact) mass is 736 g/mol. The van der Waals surface area contributed by atoms with Gasteiger partial charge in [0.25, 0.3) is 0 Å². The van der Waals surface area contributed by atoms with Crippen LogP contribution in [0, 0.1) is 27.7 Å². The van der Waals surface area contributed by atoms with Crippen molar-refractivity contribution in [2.45, 2.75) is 118 Å². The number of fused-ring (bicyclic) bond motifs is 3. The molecule has 0 spiro atoms. The van der Waals surface area contributed by atoms with Crippen molar-refractivity contribution in [3.63, 3.8) is 0 Å². The summed E-state index contributed by atoms with van der Waals surface area (Å²) in [5.41, 5.74) is 24.6. The zero-order valence-corrected chi connectivity index (χ0v) is 35.7. The molecule has 0 saturated carbocycles. The van der Waals surface area contributed by atoms with E-state index in [1.807, 2.05) is 0 Å². The van der Waals surface area contributed by atoms with Crippen molar-refractivity contribution in [2.24, 2.45) is 0 Å². The highest BCUT2D eigenvalue weighted by molar-refractivity contribution is 5.98. The van der Waals surface area contributed by atoms with Crippen LogP contribution in [0.1, 0.15) is 130 Å². The first-order valence-electron chi connectivity index (χ1n) is 20.8. The Balaban J connectivity index is 1.40. The third kappa shape index (κ3) is 5.91. The first-order chi connectivity index (χ1) is 26.6. The van der Waals surface area contributed by atoms with E-state index in [0.717, 1.165) is 24.2 Å². The van der Waals surface area contributed by atoms with Crippen LogP contribution in [-0.4, -0.2) is 0 Å². The van der Waals surface area contributed by atoms with Gasteiger partial charge in [-0.15, -0.1) is 0 Å². The molecule has 0 bridgehead atoms. The predicted octanol–water partition coefficient (Wildman–Crippen LogP) is 15.6. The van der Waals surface area contributed by atoms with Crippen molar-refractivity contribution in [1.82, 2.24) is 0 Å². The van der Waals surface area contributed by atoms with E-state index in [-0.39, 0.29) is 16.2 Å². The number of nitrogens with zero attached hydrogens (tertiary/aromatic N) is 1. The van der Waals surface area contributed by atoms with Crippen LogP contribution in [0.25, 0.3) is 22.8 Å². The number of anilines is 5. The van der Waals surface area contributed by atoms with E-state index in [2.05, 4.69) is 190 Å². The molecule has 0 radical (unpaired) electrons. The minimum atomic E-state index is -0.150. The fourth-order valence-electron chi connectivity index (χ4n) is 10.3. The highest BCUT2D eigenvalue weighted by atomic mass is 15.2. The fourth-order valence-corrected chi connectivity index (χ4v) is 10.3. The Labute approximate surface area is 337 Å². The summed E-state index contributed by atoms with van der Waals surface area (Å²) in [6.07, 6.45) is 11.4. The zero-order chi connectivity index (χ0) is 39.9. The molecule has 2 aliphatic carbocycles. The van der Waals surface area contributed by atoms with E-state index in [9.17, 15) is 0 Å². The summed E-state index contributed by atoms with van der Waals surface area (Å²) < 4.78 is 0. The molecule has 56 heavy (non-hydrogen) atoms. The molecule has 3 aliphatic rings. The van der Waals surface area contributed by atoms with Gasteiger partial charge in [0.2, 0.25) is 0 Å². The van der Waals surface area contributed by atoms with Gasteiger partial charge in [-0.25, -0.2) is 0 Å². The highest BCUT2D eigenvalue weighted by Gasteiger charge is 2.40. The number of aryl methyl sites for hydroxylation is 2.